The lowest BCUT2D eigenvalue weighted by atomic mass is 10.2. The molecule has 0 bridgehead atoms. The molecule has 0 aliphatic rings. The monoisotopic (exact) mass is 596 g/mol. The van der Waals surface area contributed by atoms with E-state index >= 15 is 0 Å². The molecule has 38 heavy (non-hydrogen) atoms. The maximum Gasteiger partial charge on any atom is 0.320 e. The van der Waals surface area contributed by atoms with Gasteiger partial charge in [-0.3, -0.25) is 19.2 Å². The van der Waals surface area contributed by atoms with Gasteiger partial charge < -0.3 is 66.3 Å². The number of hydrogen-bond donors (Lipinski definition) is 12. The van der Waals surface area contributed by atoms with Gasteiger partial charge >= 0.3 is 23.9 Å². The van der Waals surface area contributed by atoms with Gasteiger partial charge in [-0.15, -0.1) is 0 Å². The lowest BCUT2D eigenvalue weighted by molar-refractivity contribution is -0.139. The first-order valence-corrected chi connectivity index (χ1v) is 11.5. The fourth-order valence-corrected chi connectivity index (χ4v) is 1.84. The second-order valence-electron chi connectivity index (χ2n) is 7.50. The van der Waals surface area contributed by atoms with Gasteiger partial charge in [-0.05, 0) is 77.5 Å². The molecule has 0 rings (SSSR count). The van der Waals surface area contributed by atoms with E-state index in [9.17, 15) is 19.2 Å². The van der Waals surface area contributed by atoms with Crippen LogP contribution in [0, 0.1) is 0 Å². The third kappa shape index (κ3) is 41.4. The zero-order chi connectivity index (χ0) is 29.1. The van der Waals surface area contributed by atoms with Crippen molar-refractivity contribution in [3.05, 3.63) is 0 Å². The van der Waals surface area contributed by atoms with Gasteiger partial charge in [0.15, 0.2) is 0 Å². The summed E-state index contributed by atoms with van der Waals surface area (Å²) in [7, 11) is 0. The summed E-state index contributed by atoms with van der Waals surface area (Å²) < 4.78 is 0. The summed E-state index contributed by atoms with van der Waals surface area (Å²) in [6.45, 7) is 2.00. The molecule has 0 amide bonds. The first-order valence-electron chi connectivity index (χ1n) is 11.5. The highest BCUT2D eigenvalue weighted by Crippen LogP contribution is 1.93. The Labute approximate surface area is 238 Å². The van der Waals surface area contributed by atoms with Crippen molar-refractivity contribution in [1.82, 2.24) is 0 Å². The molecule has 0 spiro atoms. The molecule has 0 radical (unpaired) electrons. The third-order valence-corrected chi connectivity index (χ3v) is 4.15. The standard InChI is InChI=1S/4C5H12N2O2.2H2S/c4*6-3-1-2-4(7)5(8)9;;/h4*4H,1-3,6-7H2,(H,8,9);2*1H2. The predicted molar refractivity (Wildman–Crippen MR) is 156 cm³/mol. The van der Waals surface area contributed by atoms with Gasteiger partial charge in [-0.1, -0.05) is 0 Å². The van der Waals surface area contributed by atoms with E-state index in [-0.39, 0.29) is 27.0 Å². The fourth-order valence-electron chi connectivity index (χ4n) is 1.84. The minimum absolute atomic E-state index is 0. The Morgan fingerprint density at radius 2 is 0.553 bits per heavy atom. The summed E-state index contributed by atoms with van der Waals surface area (Å²) >= 11 is 0. The normalized spacial score (nSPS) is 12.4. The van der Waals surface area contributed by atoms with Gasteiger partial charge in [0.25, 0.3) is 0 Å². The topological polar surface area (TPSA) is 357 Å². The fraction of sp³-hybridized carbons (Fsp3) is 0.800. The molecule has 232 valence electrons. The first kappa shape index (κ1) is 49.2. The number of aliphatic carboxylic acids is 4. The molecule has 18 heteroatoms. The van der Waals surface area contributed by atoms with Crippen molar-refractivity contribution in [2.75, 3.05) is 26.2 Å². The molecule has 0 aromatic carbocycles. The van der Waals surface area contributed by atoms with E-state index in [1.165, 1.54) is 0 Å². The summed E-state index contributed by atoms with van der Waals surface area (Å²) in [5.41, 5.74) is 41.1. The molecule has 4 atom stereocenters. The van der Waals surface area contributed by atoms with E-state index < -0.39 is 48.0 Å². The van der Waals surface area contributed by atoms with Crippen molar-refractivity contribution in [3.8, 4) is 0 Å². The van der Waals surface area contributed by atoms with Crippen LogP contribution in [0.15, 0.2) is 0 Å². The average Bonchev–Trinajstić information content (AvgIpc) is 2.83. The van der Waals surface area contributed by atoms with Crippen LogP contribution in [0.25, 0.3) is 0 Å². The van der Waals surface area contributed by atoms with Gasteiger partial charge in [0, 0.05) is 0 Å². The molecule has 0 aliphatic heterocycles. The Balaban J connectivity index is -0.0000000883. The Kier molecular flexibility index (Phi) is 45.7. The van der Waals surface area contributed by atoms with Crippen LogP contribution in [0.2, 0.25) is 0 Å². The number of carboxylic acids is 4. The molecule has 20 N–H and O–H groups in total. The Morgan fingerprint density at radius 1 is 0.421 bits per heavy atom. The molecule has 0 saturated carbocycles. The molecule has 0 aromatic heterocycles. The summed E-state index contributed by atoms with van der Waals surface area (Å²) in [6.07, 6.45) is 4.55. The van der Waals surface area contributed by atoms with E-state index in [2.05, 4.69) is 0 Å². The van der Waals surface area contributed by atoms with E-state index in [4.69, 9.17) is 66.3 Å². The molecule has 4 unspecified atom stereocenters. The molecule has 0 fully saturated rings. The molecular formula is C20H52N8O8S2. The lowest BCUT2D eigenvalue weighted by Crippen LogP contribution is -2.30. The molecular weight excluding hydrogens is 544 g/mol. The van der Waals surface area contributed by atoms with E-state index in [0.717, 1.165) is 0 Å². The summed E-state index contributed by atoms with van der Waals surface area (Å²) in [6, 6.07) is -2.97. The number of hydrogen-bond acceptors (Lipinski definition) is 12. The number of rotatable bonds is 16. The molecule has 0 saturated heterocycles. The van der Waals surface area contributed by atoms with Crippen molar-refractivity contribution in [2.45, 2.75) is 75.5 Å². The van der Waals surface area contributed by atoms with Crippen LogP contribution in [0.5, 0.6) is 0 Å². The van der Waals surface area contributed by atoms with Crippen molar-refractivity contribution in [1.29, 1.82) is 0 Å². The van der Waals surface area contributed by atoms with Crippen LogP contribution in [0.3, 0.4) is 0 Å². The predicted octanol–water partition coefficient (Wildman–Crippen LogP) is -3.23. The summed E-state index contributed by atoms with van der Waals surface area (Å²) in [5.74, 6) is -3.82. The van der Waals surface area contributed by atoms with Crippen molar-refractivity contribution >= 4 is 50.9 Å². The van der Waals surface area contributed by atoms with E-state index in [1.54, 1.807) is 0 Å². The molecule has 16 nitrogen and oxygen atoms in total. The number of carbonyl (C=O) groups is 4. The molecule has 0 heterocycles. The van der Waals surface area contributed by atoms with Gasteiger partial charge in [0.1, 0.15) is 24.2 Å². The maximum absolute atomic E-state index is 10.0. The Bertz CT molecular complexity index is 487. The quantitative estimate of drug-likeness (QED) is 0.0832. The zero-order valence-corrected chi connectivity index (χ0v) is 23.8. The summed E-state index contributed by atoms with van der Waals surface area (Å²) in [5, 5.41) is 33.0. The average molecular weight is 597 g/mol. The SMILES string of the molecule is NCCCC(N)C(=O)O.NCCCC(N)C(=O)O.NCCCC(N)C(=O)O.NCCCC(N)C(=O)O.S.S. The minimum Gasteiger partial charge on any atom is -0.480 e. The zero-order valence-electron chi connectivity index (χ0n) is 21.8. The Morgan fingerprint density at radius 3 is 0.632 bits per heavy atom. The second-order valence-corrected chi connectivity index (χ2v) is 7.50. The highest BCUT2D eigenvalue weighted by atomic mass is 32.1. The van der Waals surface area contributed by atoms with Gasteiger partial charge in [0.05, 0.1) is 0 Å². The summed E-state index contributed by atoms with van der Waals surface area (Å²) in [4.78, 5) is 40.2. The van der Waals surface area contributed by atoms with Gasteiger partial charge in [0.2, 0.25) is 0 Å². The minimum atomic E-state index is -0.955. The van der Waals surface area contributed by atoms with E-state index in [1.807, 2.05) is 0 Å². The number of carboxylic acid groups (broad SMARTS) is 4. The van der Waals surface area contributed by atoms with Crippen molar-refractivity contribution in [2.24, 2.45) is 45.9 Å². The third-order valence-electron chi connectivity index (χ3n) is 4.15. The smallest absolute Gasteiger partial charge is 0.320 e. The van der Waals surface area contributed by atoms with Gasteiger partial charge in [-0.25, -0.2) is 0 Å². The maximum atomic E-state index is 10.0. The van der Waals surface area contributed by atoms with Crippen LogP contribution >= 0.6 is 27.0 Å². The van der Waals surface area contributed by atoms with Crippen LogP contribution < -0.4 is 45.9 Å². The van der Waals surface area contributed by atoms with E-state index in [0.29, 0.717) is 77.5 Å². The van der Waals surface area contributed by atoms with Crippen molar-refractivity contribution < 1.29 is 39.6 Å². The molecule has 0 aliphatic carbocycles. The second kappa shape index (κ2) is 35.3. The highest BCUT2D eigenvalue weighted by Gasteiger charge is 2.10. The van der Waals surface area contributed by atoms with Crippen LogP contribution in [0.4, 0.5) is 0 Å². The highest BCUT2D eigenvalue weighted by molar-refractivity contribution is 7.59. The largest absolute Gasteiger partial charge is 0.480 e. The molecule has 0 aromatic rings. The Hall–Kier alpha value is -1.74. The number of nitrogens with two attached hydrogens (primary N) is 8. The lowest BCUT2D eigenvalue weighted by Gasteiger charge is -2.02. The van der Waals surface area contributed by atoms with Gasteiger partial charge in [-0.2, -0.15) is 27.0 Å². The first-order chi connectivity index (χ1) is 16.7. The van der Waals surface area contributed by atoms with Crippen LogP contribution in [-0.4, -0.2) is 94.6 Å². The van der Waals surface area contributed by atoms with Crippen molar-refractivity contribution in [3.63, 3.8) is 0 Å². The van der Waals surface area contributed by atoms with Crippen LogP contribution in [0.1, 0.15) is 51.4 Å². The van der Waals surface area contributed by atoms with Crippen LogP contribution in [-0.2, 0) is 19.2 Å².